The summed E-state index contributed by atoms with van der Waals surface area (Å²) in [7, 11) is 6.52. The van der Waals surface area contributed by atoms with Gasteiger partial charge in [0.1, 0.15) is 0 Å². The first-order valence-corrected chi connectivity index (χ1v) is 8.50. The lowest BCUT2D eigenvalue weighted by Crippen LogP contribution is -2.35. The molecule has 20 heavy (non-hydrogen) atoms. The van der Waals surface area contributed by atoms with Crippen LogP contribution in [0.5, 0.6) is 0 Å². The van der Waals surface area contributed by atoms with Crippen molar-refractivity contribution in [3.63, 3.8) is 0 Å². The number of likely N-dealkylation sites (tertiary alicyclic amines) is 1. The average Bonchev–Trinajstić information content (AvgIpc) is 2.73. The van der Waals surface area contributed by atoms with E-state index in [9.17, 15) is 0 Å². The summed E-state index contributed by atoms with van der Waals surface area (Å²) in [5.74, 6) is 0.881. The van der Waals surface area contributed by atoms with Crippen molar-refractivity contribution >= 4 is 11.3 Å². The molecule has 0 aromatic carbocycles. The fraction of sp³-hybridized carbons (Fsp3) is 0.750. The van der Waals surface area contributed by atoms with E-state index in [0.717, 1.165) is 19.0 Å². The summed E-state index contributed by atoms with van der Waals surface area (Å²) < 4.78 is 0. The molecule has 1 aliphatic rings. The van der Waals surface area contributed by atoms with Crippen LogP contribution in [0.3, 0.4) is 0 Å². The fourth-order valence-electron chi connectivity index (χ4n) is 3.05. The van der Waals surface area contributed by atoms with Crippen LogP contribution in [0.2, 0.25) is 0 Å². The summed E-state index contributed by atoms with van der Waals surface area (Å²) in [5.41, 5.74) is 1.51. The number of hydrogen-bond donors (Lipinski definition) is 1. The molecule has 1 fully saturated rings. The van der Waals surface area contributed by atoms with Crippen molar-refractivity contribution in [2.75, 3.05) is 40.8 Å². The molecule has 1 saturated heterocycles. The molecule has 114 valence electrons. The average molecular weight is 295 g/mol. The summed E-state index contributed by atoms with van der Waals surface area (Å²) in [6.07, 6.45) is 2.71. The topological polar surface area (TPSA) is 18.5 Å². The Kier molecular flexibility index (Phi) is 6.02. The Bertz CT molecular complexity index is 408. The van der Waals surface area contributed by atoms with Crippen molar-refractivity contribution in [1.82, 2.24) is 15.1 Å². The van der Waals surface area contributed by atoms with E-state index in [4.69, 9.17) is 0 Å². The van der Waals surface area contributed by atoms with Crippen molar-refractivity contribution in [3.05, 3.63) is 21.4 Å². The smallest absolute Gasteiger partial charge is 0.0296 e. The molecule has 3 nitrogen and oxygen atoms in total. The summed E-state index contributed by atoms with van der Waals surface area (Å²) in [5, 5.41) is 3.24. The third kappa shape index (κ3) is 4.55. The summed E-state index contributed by atoms with van der Waals surface area (Å²) >= 11 is 1.93. The summed E-state index contributed by atoms with van der Waals surface area (Å²) in [4.78, 5) is 7.88. The summed E-state index contributed by atoms with van der Waals surface area (Å²) in [6, 6.07) is 2.38. The molecule has 0 radical (unpaired) electrons. The predicted octanol–water partition coefficient (Wildman–Crippen LogP) is 2.55. The molecule has 1 aliphatic heterocycles. The zero-order valence-electron chi connectivity index (χ0n) is 13.4. The van der Waals surface area contributed by atoms with Gasteiger partial charge in [-0.1, -0.05) is 0 Å². The number of rotatable bonds is 6. The lowest BCUT2D eigenvalue weighted by molar-refractivity contribution is 0.173. The third-order valence-corrected chi connectivity index (χ3v) is 5.36. The second-order valence-corrected chi connectivity index (χ2v) is 7.61. The first kappa shape index (κ1) is 16.0. The number of piperidine rings is 1. The van der Waals surface area contributed by atoms with E-state index in [-0.39, 0.29) is 0 Å². The SMILES string of the molecule is CNCc1cc(CN(C)CC2CCN(C)CC2)c(C)s1. The van der Waals surface area contributed by atoms with Gasteiger partial charge in [-0.25, -0.2) is 0 Å². The minimum Gasteiger partial charge on any atom is -0.315 e. The molecule has 4 heteroatoms. The molecule has 1 aromatic rings. The Morgan fingerprint density at radius 3 is 2.75 bits per heavy atom. The molecule has 0 aliphatic carbocycles. The standard InChI is InChI=1S/C16H29N3S/c1-13-15(9-16(20-13)10-17-2)12-19(4)11-14-5-7-18(3)8-6-14/h9,14,17H,5-8,10-12H2,1-4H3. The molecule has 0 amide bonds. The van der Waals surface area contributed by atoms with Crippen LogP contribution in [0, 0.1) is 12.8 Å². The van der Waals surface area contributed by atoms with E-state index in [0.29, 0.717) is 0 Å². The lowest BCUT2D eigenvalue weighted by atomic mass is 9.96. The molecule has 2 heterocycles. The monoisotopic (exact) mass is 295 g/mol. The van der Waals surface area contributed by atoms with Crippen molar-refractivity contribution in [2.24, 2.45) is 5.92 Å². The van der Waals surface area contributed by atoms with Crippen LogP contribution in [0.1, 0.15) is 28.2 Å². The molecule has 0 bridgehead atoms. The molecule has 1 N–H and O–H groups in total. The van der Waals surface area contributed by atoms with E-state index in [2.05, 4.69) is 42.2 Å². The van der Waals surface area contributed by atoms with Crippen molar-refractivity contribution in [3.8, 4) is 0 Å². The molecule has 0 atom stereocenters. The van der Waals surface area contributed by atoms with Gasteiger partial charge in [-0.2, -0.15) is 0 Å². The second kappa shape index (κ2) is 7.55. The molecule has 0 unspecified atom stereocenters. The zero-order valence-corrected chi connectivity index (χ0v) is 14.2. The van der Waals surface area contributed by atoms with Gasteiger partial charge in [0.25, 0.3) is 0 Å². The van der Waals surface area contributed by atoms with Crippen molar-refractivity contribution < 1.29 is 0 Å². The second-order valence-electron chi connectivity index (χ2n) is 6.27. The Morgan fingerprint density at radius 1 is 1.40 bits per heavy atom. The van der Waals surface area contributed by atoms with E-state index in [1.807, 2.05) is 18.4 Å². The highest BCUT2D eigenvalue weighted by atomic mass is 32.1. The number of nitrogens with zero attached hydrogens (tertiary/aromatic N) is 2. The molecule has 2 rings (SSSR count). The van der Waals surface area contributed by atoms with Crippen LogP contribution in [0.15, 0.2) is 6.07 Å². The lowest BCUT2D eigenvalue weighted by Gasteiger charge is -2.31. The van der Waals surface area contributed by atoms with Crippen LogP contribution in [0.25, 0.3) is 0 Å². The van der Waals surface area contributed by atoms with E-state index >= 15 is 0 Å². The van der Waals surface area contributed by atoms with Gasteiger partial charge in [-0.05, 0) is 71.5 Å². The van der Waals surface area contributed by atoms with Gasteiger partial charge in [0.15, 0.2) is 0 Å². The van der Waals surface area contributed by atoms with Gasteiger partial charge in [0.2, 0.25) is 0 Å². The van der Waals surface area contributed by atoms with Crippen LogP contribution in [-0.4, -0.2) is 50.6 Å². The predicted molar refractivity (Wildman–Crippen MR) is 88.4 cm³/mol. The molecular formula is C16H29N3S. The third-order valence-electron chi connectivity index (χ3n) is 4.27. The van der Waals surface area contributed by atoms with Crippen molar-refractivity contribution in [1.29, 1.82) is 0 Å². The molecule has 0 saturated carbocycles. The Hall–Kier alpha value is -0.420. The quantitative estimate of drug-likeness (QED) is 0.870. The van der Waals surface area contributed by atoms with E-state index in [1.165, 1.54) is 47.8 Å². The number of hydrogen-bond acceptors (Lipinski definition) is 4. The molecular weight excluding hydrogens is 266 g/mol. The Balaban J connectivity index is 1.83. The van der Waals surface area contributed by atoms with Crippen LogP contribution in [0.4, 0.5) is 0 Å². The largest absolute Gasteiger partial charge is 0.315 e. The van der Waals surface area contributed by atoms with Gasteiger partial charge in [0.05, 0.1) is 0 Å². The number of thiophene rings is 1. The Labute approximate surface area is 128 Å². The maximum Gasteiger partial charge on any atom is 0.0296 e. The molecule has 0 spiro atoms. The maximum absolute atomic E-state index is 3.24. The first-order valence-electron chi connectivity index (χ1n) is 7.68. The van der Waals surface area contributed by atoms with Gasteiger partial charge in [0, 0.05) is 29.4 Å². The van der Waals surface area contributed by atoms with E-state index < -0.39 is 0 Å². The van der Waals surface area contributed by atoms with Crippen LogP contribution in [-0.2, 0) is 13.1 Å². The Morgan fingerprint density at radius 2 is 2.10 bits per heavy atom. The number of aryl methyl sites for hydroxylation is 1. The summed E-state index contributed by atoms with van der Waals surface area (Å²) in [6.45, 7) is 8.11. The maximum atomic E-state index is 3.24. The van der Waals surface area contributed by atoms with E-state index in [1.54, 1.807) is 0 Å². The van der Waals surface area contributed by atoms with Crippen LogP contribution < -0.4 is 5.32 Å². The van der Waals surface area contributed by atoms with Gasteiger partial charge in [-0.15, -0.1) is 11.3 Å². The minimum atomic E-state index is 0.881. The van der Waals surface area contributed by atoms with Gasteiger partial charge < -0.3 is 15.1 Å². The van der Waals surface area contributed by atoms with Gasteiger partial charge in [-0.3, -0.25) is 0 Å². The van der Waals surface area contributed by atoms with Crippen LogP contribution >= 0.6 is 11.3 Å². The minimum absolute atomic E-state index is 0.881. The number of nitrogens with one attached hydrogen (secondary N) is 1. The molecule has 1 aromatic heterocycles. The van der Waals surface area contributed by atoms with Gasteiger partial charge >= 0.3 is 0 Å². The first-order chi connectivity index (χ1) is 9.58. The normalized spacial score (nSPS) is 18.1. The van der Waals surface area contributed by atoms with Crippen molar-refractivity contribution in [2.45, 2.75) is 32.9 Å². The highest BCUT2D eigenvalue weighted by Crippen LogP contribution is 2.24. The zero-order chi connectivity index (χ0) is 14.5. The highest BCUT2D eigenvalue weighted by Gasteiger charge is 2.18. The highest BCUT2D eigenvalue weighted by molar-refractivity contribution is 7.12. The fourth-order valence-corrected chi connectivity index (χ4v) is 4.11.